The highest BCUT2D eigenvalue weighted by Gasteiger charge is 2.54. The van der Waals surface area contributed by atoms with Crippen LogP contribution >= 0.6 is 0 Å². The number of nitrogens with one attached hydrogen (secondary N) is 1. The molecule has 5 atom stereocenters. The van der Waals surface area contributed by atoms with Crippen molar-refractivity contribution in [3.63, 3.8) is 0 Å². The summed E-state index contributed by atoms with van der Waals surface area (Å²) in [5.41, 5.74) is 0.195. The molecule has 0 spiro atoms. The monoisotopic (exact) mass is 349 g/mol. The fourth-order valence-electron chi connectivity index (χ4n) is 6.05. The molecule has 0 aromatic carbocycles. The number of hydrogen-bond donors (Lipinski definition) is 2. The van der Waals surface area contributed by atoms with Crippen molar-refractivity contribution in [3.05, 3.63) is 0 Å². The third-order valence-electron chi connectivity index (χ3n) is 7.15. The number of piperidine rings is 1. The zero-order valence-corrected chi connectivity index (χ0v) is 16.9. The van der Waals surface area contributed by atoms with Crippen molar-refractivity contribution in [2.45, 2.75) is 110 Å². The lowest BCUT2D eigenvalue weighted by Gasteiger charge is -2.51. The normalized spacial score (nSPS) is 37.4. The Balaban J connectivity index is 1.64. The summed E-state index contributed by atoms with van der Waals surface area (Å²) in [6.07, 6.45) is 14.1. The maximum atomic E-state index is 13.0. The Morgan fingerprint density at radius 3 is 2.64 bits per heavy atom. The van der Waals surface area contributed by atoms with Gasteiger partial charge < -0.3 is 10.6 Å². The van der Waals surface area contributed by atoms with Crippen LogP contribution in [0.4, 0.5) is 0 Å². The Kier molecular flexibility index (Phi) is 6.60. The van der Waals surface area contributed by atoms with Gasteiger partial charge in [-0.15, -0.1) is 0 Å². The van der Waals surface area contributed by atoms with E-state index in [4.69, 9.17) is 0 Å². The molecule has 0 amide bonds. The van der Waals surface area contributed by atoms with Gasteiger partial charge >= 0.3 is 0 Å². The molecule has 3 heteroatoms. The molecule has 3 fully saturated rings. The van der Waals surface area contributed by atoms with Gasteiger partial charge in [-0.25, -0.2) is 0 Å². The van der Waals surface area contributed by atoms with Crippen molar-refractivity contribution >= 4 is 5.78 Å². The molecule has 3 N–H and O–H groups in total. The van der Waals surface area contributed by atoms with Gasteiger partial charge in [0.25, 0.3) is 0 Å². The molecule has 144 valence electrons. The quantitative estimate of drug-likeness (QED) is 0.692. The van der Waals surface area contributed by atoms with Crippen LogP contribution in [0.3, 0.4) is 0 Å². The number of quaternary nitrogens is 1. The topological polar surface area (TPSA) is 45.7 Å². The molecule has 0 aromatic heterocycles. The zero-order chi connectivity index (χ0) is 17.9. The van der Waals surface area contributed by atoms with Crippen LogP contribution in [-0.2, 0) is 4.79 Å². The first-order chi connectivity index (χ1) is 12.0. The van der Waals surface area contributed by atoms with Crippen LogP contribution in [0.1, 0.15) is 91.4 Å². The summed E-state index contributed by atoms with van der Waals surface area (Å²) in [4.78, 5) is 13.0. The van der Waals surface area contributed by atoms with E-state index >= 15 is 0 Å². The number of hydrogen-bond acceptors (Lipinski definition) is 2. The second-order valence-electron chi connectivity index (χ2n) is 9.90. The van der Waals surface area contributed by atoms with Crippen LogP contribution < -0.4 is 10.6 Å². The van der Waals surface area contributed by atoms with Gasteiger partial charge in [-0.2, -0.15) is 0 Å². The highest BCUT2D eigenvalue weighted by atomic mass is 16.1. The summed E-state index contributed by atoms with van der Waals surface area (Å²) in [5, 5.41) is 6.55. The van der Waals surface area contributed by atoms with E-state index < -0.39 is 0 Å². The van der Waals surface area contributed by atoms with Gasteiger partial charge in [0.15, 0.2) is 0 Å². The van der Waals surface area contributed by atoms with E-state index in [2.05, 4.69) is 31.4 Å². The Morgan fingerprint density at radius 1 is 1.08 bits per heavy atom. The summed E-state index contributed by atoms with van der Waals surface area (Å²) in [6.45, 7) is 7.96. The van der Waals surface area contributed by atoms with Crippen LogP contribution in [-0.4, -0.2) is 30.5 Å². The van der Waals surface area contributed by atoms with Crippen LogP contribution in [0.2, 0.25) is 0 Å². The molecule has 2 aliphatic carbocycles. The number of carbonyl (C=O) groups is 1. The average molecular weight is 350 g/mol. The predicted molar refractivity (Wildman–Crippen MR) is 104 cm³/mol. The van der Waals surface area contributed by atoms with Crippen LogP contribution in [0.15, 0.2) is 0 Å². The molecule has 3 aliphatic rings. The number of unbranched alkanes of at least 4 members (excludes halogenated alkanes) is 4. The molecule has 0 radical (unpaired) electrons. The first kappa shape index (κ1) is 19.4. The number of fused-ring (bicyclic) bond motifs is 2. The van der Waals surface area contributed by atoms with E-state index in [1.165, 1.54) is 64.2 Å². The standard InChI is InChI=1S/C22H40N2O/c1-4-5-6-7-10-13-23-21-16-11-8-9-12-17(16)24-18-14-22(2,3)15-19(25)20(18)21/h16-18,20-21,23-24H,4-15H2,1-3H3/p+1. The Bertz CT molecular complexity index is 447. The van der Waals surface area contributed by atoms with Crippen LogP contribution in [0.5, 0.6) is 0 Å². The van der Waals surface area contributed by atoms with E-state index in [0.717, 1.165) is 24.9 Å². The maximum Gasteiger partial charge on any atom is 0.144 e. The van der Waals surface area contributed by atoms with E-state index in [9.17, 15) is 4.79 Å². The molecule has 2 saturated carbocycles. The molecule has 1 saturated heterocycles. The predicted octanol–water partition coefficient (Wildman–Crippen LogP) is 3.42. The number of carbonyl (C=O) groups excluding carboxylic acids is 1. The van der Waals surface area contributed by atoms with E-state index in [1.807, 2.05) is 0 Å². The number of Topliss-reactive ketones (excluding diaryl/α,β-unsaturated/α-hetero) is 1. The van der Waals surface area contributed by atoms with Crippen LogP contribution in [0.25, 0.3) is 0 Å². The summed E-state index contributed by atoms with van der Waals surface area (Å²) in [5.74, 6) is 1.53. The van der Waals surface area contributed by atoms with Gasteiger partial charge in [0.2, 0.25) is 0 Å². The molecule has 0 aromatic rings. The van der Waals surface area contributed by atoms with E-state index in [-0.39, 0.29) is 11.3 Å². The molecule has 0 bridgehead atoms. The lowest BCUT2D eigenvalue weighted by molar-refractivity contribution is -0.747. The van der Waals surface area contributed by atoms with E-state index in [1.54, 1.807) is 0 Å². The third-order valence-corrected chi connectivity index (χ3v) is 7.15. The minimum absolute atomic E-state index is 0.195. The molecule has 3 rings (SSSR count). The summed E-state index contributed by atoms with van der Waals surface area (Å²) in [7, 11) is 0. The second-order valence-corrected chi connectivity index (χ2v) is 9.90. The second kappa shape index (κ2) is 8.52. The minimum atomic E-state index is 0.195. The average Bonchev–Trinajstić information content (AvgIpc) is 2.55. The van der Waals surface area contributed by atoms with Gasteiger partial charge in [0.1, 0.15) is 5.78 Å². The lowest BCUT2D eigenvalue weighted by Crippen LogP contribution is -3.02. The SMILES string of the molecule is CCCCCCCNC1C2CCCCC2[NH2+]C2CC(C)(C)CC(=O)C21. The Labute approximate surface area is 155 Å². The smallest absolute Gasteiger partial charge is 0.144 e. The molecule has 1 aliphatic heterocycles. The summed E-state index contributed by atoms with van der Waals surface area (Å²) < 4.78 is 0. The van der Waals surface area contributed by atoms with Gasteiger partial charge in [-0.3, -0.25) is 4.79 Å². The first-order valence-electron chi connectivity index (χ1n) is 11.1. The molecule has 3 nitrogen and oxygen atoms in total. The van der Waals surface area contributed by atoms with Crippen molar-refractivity contribution in [2.75, 3.05) is 6.54 Å². The largest absolute Gasteiger partial charge is 0.340 e. The number of nitrogens with two attached hydrogens (primary N) is 1. The molecule has 5 unspecified atom stereocenters. The van der Waals surface area contributed by atoms with Crippen LogP contribution in [0, 0.1) is 17.3 Å². The highest BCUT2D eigenvalue weighted by Crippen LogP contribution is 2.41. The molecular weight excluding hydrogens is 308 g/mol. The minimum Gasteiger partial charge on any atom is -0.340 e. The molecular formula is C22H41N2O+. The number of rotatable bonds is 7. The van der Waals surface area contributed by atoms with Crippen molar-refractivity contribution in [2.24, 2.45) is 17.3 Å². The fraction of sp³-hybridized carbons (Fsp3) is 0.955. The highest BCUT2D eigenvalue weighted by molar-refractivity contribution is 5.84. The fourth-order valence-corrected chi connectivity index (χ4v) is 6.05. The Hall–Kier alpha value is -0.410. The Morgan fingerprint density at radius 2 is 1.84 bits per heavy atom. The lowest BCUT2D eigenvalue weighted by atomic mass is 9.61. The zero-order valence-electron chi connectivity index (χ0n) is 16.9. The van der Waals surface area contributed by atoms with Crippen molar-refractivity contribution in [1.29, 1.82) is 0 Å². The maximum absolute atomic E-state index is 13.0. The summed E-state index contributed by atoms with van der Waals surface area (Å²) >= 11 is 0. The van der Waals surface area contributed by atoms with Gasteiger partial charge in [-0.05, 0) is 37.6 Å². The van der Waals surface area contributed by atoms with E-state index in [0.29, 0.717) is 17.9 Å². The van der Waals surface area contributed by atoms with Gasteiger partial charge in [0.05, 0.1) is 18.0 Å². The summed E-state index contributed by atoms with van der Waals surface area (Å²) in [6, 6.07) is 1.73. The first-order valence-corrected chi connectivity index (χ1v) is 11.1. The van der Waals surface area contributed by atoms with Crippen molar-refractivity contribution in [1.82, 2.24) is 5.32 Å². The number of ketones is 1. The van der Waals surface area contributed by atoms with Gasteiger partial charge in [0, 0.05) is 24.8 Å². The molecule has 25 heavy (non-hydrogen) atoms. The van der Waals surface area contributed by atoms with Gasteiger partial charge in [-0.1, -0.05) is 52.9 Å². The molecule has 1 heterocycles. The van der Waals surface area contributed by atoms with Crippen molar-refractivity contribution in [3.8, 4) is 0 Å². The third kappa shape index (κ3) is 4.66. The van der Waals surface area contributed by atoms with Crippen molar-refractivity contribution < 1.29 is 10.1 Å².